The summed E-state index contributed by atoms with van der Waals surface area (Å²) < 4.78 is 0. The molecule has 2 aromatic rings. The average Bonchev–Trinajstić information content (AvgIpc) is 2.77. The minimum Gasteiger partial charge on any atom is -0.384 e. The maximum absolute atomic E-state index is 10.1. The lowest BCUT2D eigenvalue weighted by atomic mass is 10.1. The van der Waals surface area contributed by atoms with Gasteiger partial charge in [-0.1, -0.05) is 30.3 Å². The van der Waals surface area contributed by atoms with Crippen LogP contribution in [0.4, 0.5) is 5.82 Å². The Labute approximate surface area is 189 Å². The second-order valence-electron chi connectivity index (χ2n) is 8.95. The highest BCUT2D eigenvalue weighted by Crippen LogP contribution is 2.27. The molecule has 0 bridgehead atoms. The van der Waals surface area contributed by atoms with Crippen LogP contribution in [-0.4, -0.2) is 63.0 Å². The molecular weight excluding hydrogens is 404 g/mol. The van der Waals surface area contributed by atoms with Crippen LogP contribution in [-0.2, 0) is 12.0 Å². The van der Waals surface area contributed by atoms with E-state index in [9.17, 15) is 5.11 Å². The fourth-order valence-electron chi connectivity index (χ4n) is 3.97. The first-order valence-electron chi connectivity index (χ1n) is 11.0. The first-order valence-corrected chi connectivity index (χ1v) is 11.0. The van der Waals surface area contributed by atoms with Gasteiger partial charge in [0.05, 0.1) is 29.5 Å². The van der Waals surface area contributed by atoms with Crippen molar-refractivity contribution in [2.45, 2.75) is 45.8 Å². The Bertz CT molecular complexity index is 983. The van der Waals surface area contributed by atoms with Crippen molar-refractivity contribution in [2.75, 3.05) is 31.6 Å². The van der Waals surface area contributed by atoms with Gasteiger partial charge in [0.1, 0.15) is 11.4 Å². The third kappa shape index (κ3) is 4.58. The summed E-state index contributed by atoms with van der Waals surface area (Å²) >= 11 is 0. The first-order chi connectivity index (χ1) is 15.2. The highest BCUT2D eigenvalue weighted by Gasteiger charge is 2.32. The van der Waals surface area contributed by atoms with Gasteiger partial charge in [-0.2, -0.15) is 5.01 Å². The van der Waals surface area contributed by atoms with Crippen molar-refractivity contribution in [3.05, 3.63) is 65.4 Å². The zero-order chi connectivity index (χ0) is 22.9. The van der Waals surface area contributed by atoms with E-state index in [2.05, 4.69) is 61.2 Å². The van der Waals surface area contributed by atoms with Gasteiger partial charge in [-0.25, -0.2) is 4.98 Å². The summed E-state index contributed by atoms with van der Waals surface area (Å²) in [5.41, 5.74) is 2.86. The fraction of sp³-hybridized carbons (Fsp3) is 0.478. The van der Waals surface area contributed by atoms with Crippen molar-refractivity contribution in [1.29, 1.82) is 0 Å². The quantitative estimate of drug-likeness (QED) is 0.771. The highest BCUT2D eigenvalue weighted by molar-refractivity contribution is 5.38. The van der Waals surface area contributed by atoms with Gasteiger partial charge in [0.25, 0.3) is 0 Å². The van der Waals surface area contributed by atoms with Crippen LogP contribution in [0.1, 0.15) is 39.0 Å². The van der Waals surface area contributed by atoms with E-state index in [1.165, 1.54) is 5.56 Å². The van der Waals surface area contributed by atoms with Crippen LogP contribution < -0.4 is 4.90 Å². The zero-order valence-electron chi connectivity index (χ0n) is 19.5. The van der Waals surface area contributed by atoms with Gasteiger partial charge in [0, 0.05) is 39.1 Å². The molecule has 9 heteroatoms. The second-order valence-corrected chi connectivity index (χ2v) is 8.95. The molecule has 1 atom stereocenters. The zero-order valence-corrected chi connectivity index (χ0v) is 19.5. The molecule has 0 aliphatic carbocycles. The number of hydrazine groups is 2. The Balaban J connectivity index is 1.41. The number of rotatable bonds is 5. The molecule has 0 unspecified atom stereocenters. The molecule has 4 rings (SSSR count). The number of piperazine rings is 1. The maximum Gasteiger partial charge on any atom is 0.147 e. The highest BCUT2D eigenvalue weighted by atomic mass is 16.3. The molecule has 1 aromatic heterocycles. The number of allylic oxidation sites excluding steroid dienone is 2. The van der Waals surface area contributed by atoms with E-state index < -0.39 is 5.60 Å². The Morgan fingerprint density at radius 1 is 1.09 bits per heavy atom. The molecular formula is C23H32N8O. The molecule has 9 nitrogen and oxygen atoms in total. The van der Waals surface area contributed by atoms with Crippen molar-refractivity contribution in [3.8, 4) is 0 Å². The van der Waals surface area contributed by atoms with Gasteiger partial charge in [-0.05, 0) is 38.5 Å². The van der Waals surface area contributed by atoms with Gasteiger partial charge < -0.3 is 10.0 Å². The van der Waals surface area contributed by atoms with Gasteiger partial charge in [0.2, 0.25) is 0 Å². The molecule has 0 saturated carbocycles. The largest absolute Gasteiger partial charge is 0.384 e. The minimum atomic E-state index is -0.996. The lowest BCUT2D eigenvalue weighted by Gasteiger charge is -2.46. The first kappa shape index (κ1) is 22.2. The number of benzene rings is 1. The topological polar surface area (TPSA) is 83.7 Å². The molecule has 0 spiro atoms. The van der Waals surface area contributed by atoms with Crippen LogP contribution in [0.3, 0.4) is 0 Å². The Morgan fingerprint density at radius 2 is 1.84 bits per heavy atom. The Morgan fingerprint density at radius 3 is 2.47 bits per heavy atom. The smallest absolute Gasteiger partial charge is 0.147 e. The van der Waals surface area contributed by atoms with Gasteiger partial charge in [-0.15, -0.1) is 10.3 Å². The minimum absolute atomic E-state index is 0.213. The normalized spacial score (nSPS) is 20.3. The van der Waals surface area contributed by atoms with Gasteiger partial charge >= 0.3 is 0 Å². The number of aromatic nitrogens is 2. The monoisotopic (exact) mass is 436 g/mol. The summed E-state index contributed by atoms with van der Waals surface area (Å²) in [6.45, 7) is 10.0. The van der Waals surface area contributed by atoms with Crippen molar-refractivity contribution in [3.63, 3.8) is 0 Å². The molecule has 1 saturated heterocycles. The summed E-state index contributed by atoms with van der Waals surface area (Å²) in [6.07, 6.45) is 4.16. The van der Waals surface area contributed by atoms with Crippen molar-refractivity contribution in [1.82, 2.24) is 25.2 Å². The van der Waals surface area contributed by atoms with Gasteiger partial charge in [-0.3, -0.25) is 9.99 Å². The number of anilines is 1. The SMILES string of the molecule is CC1=C(Cc2ccccc2)N=NN(N2CCN(c3cnc(C(C)(C)O)cn3)[C@H](C)C2)N1C. The molecule has 1 fully saturated rings. The molecule has 170 valence electrons. The molecule has 32 heavy (non-hydrogen) atoms. The number of nitrogens with zero attached hydrogens (tertiary/aromatic N) is 8. The fourth-order valence-corrected chi connectivity index (χ4v) is 3.97. The van der Waals surface area contributed by atoms with Crippen molar-refractivity contribution < 1.29 is 5.11 Å². The summed E-state index contributed by atoms with van der Waals surface area (Å²) in [4.78, 5) is 11.2. The number of aliphatic hydroxyl groups is 1. The van der Waals surface area contributed by atoms with Gasteiger partial charge in [0.15, 0.2) is 0 Å². The lowest BCUT2D eigenvalue weighted by Crippen LogP contribution is -2.59. The van der Waals surface area contributed by atoms with Crippen LogP contribution in [0, 0.1) is 0 Å². The Hall–Kier alpha value is -3.04. The summed E-state index contributed by atoms with van der Waals surface area (Å²) in [5.74, 6) is 0.819. The number of hydrogen-bond donors (Lipinski definition) is 1. The van der Waals surface area contributed by atoms with E-state index in [4.69, 9.17) is 0 Å². The summed E-state index contributed by atoms with van der Waals surface area (Å²) in [7, 11) is 2.02. The summed E-state index contributed by atoms with van der Waals surface area (Å²) in [6, 6.07) is 10.6. The Kier molecular flexibility index (Phi) is 6.12. The predicted molar refractivity (Wildman–Crippen MR) is 123 cm³/mol. The van der Waals surface area contributed by atoms with Crippen LogP contribution in [0.2, 0.25) is 0 Å². The molecule has 0 amide bonds. The van der Waals surface area contributed by atoms with E-state index in [1.54, 1.807) is 26.2 Å². The average molecular weight is 437 g/mol. The standard InChI is InChI=1S/C23H32N8O/c1-17-16-29(11-12-30(17)22-15-24-21(14-25-22)23(3,4)32)31-27-26-20(18(2)28(31)5)13-19-9-7-6-8-10-19/h6-10,14-15,17,32H,11-13,16H2,1-5H3/t17-/m1/s1. The molecule has 3 heterocycles. The van der Waals surface area contributed by atoms with Crippen LogP contribution in [0.25, 0.3) is 0 Å². The molecule has 2 aliphatic rings. The van der Waals surface area contributed by atoms with Crippen molar-refractivity contribution in [2.24, 2.45) is 10.3 Å². The van der Waals surface area contributed by atoms with Crippen LogP contribution in [0.15, 0.2) is 64.5 Å². The van der Waals surface area contributed by atoms with E-state index in [1.807, 2.05) is 30.5 Å². The van der Waals surface area contributed by atoms with E-state index >= 15 is 0 Å². The van der Waals surface area contributed by atoms with E-state index in [0.717, 1.165) is 43.3 Å². The summed E-state index contributed by atoms with van der Waals surface area (Å²) in [5, 5.41) is 25.3. The van der Waals surface area contributed by atoms with Crippen LogP contribution >= 0.6 is 0 Å². The number of hydrogen-bond acceptors (Lipinski definition) is 9. The van der Waals surface area contributed by atoms with Crippen LogP contribution in [0.5, 0.6) is 0 Å². The molecule has 2 aliphatic heterocycles. The van der Waals surface area contributed by atoms with Crippen molar-refractivity contribution >= 4 is 5.82 Å². The molecule has 0 radical (unpaired) electrons. The third-order valence-corrected chi connectivity index (χ3v) is 6.05. The maximum atomic E-state index is 10.1. The second kappa shape index (κ2) is 8.84. The van der Waals surface area contributed by atoms with E-state index in [0.29, 0.717) is 5.69 Å². The molecule has 1 N–H and O–H groups in total. The predicted octanol–water partition coefficient (Wildman–Crippen LogP) is 3.13. The third-order valence-electron chi connectivity index (χ3n) is 6.05. The van der Waals surface area contributed by atoms with E-state index in [-0.39, 0.29) is 6.04 Å². The lowest BCUT2D eigenvalue weighted by molar-refractivity contribution is -0.173. The molecule has 1 aromatic carbocycles.